The lowest BCUT2D eigenvalue weighted by atomic mass is 10.2. The van der Waals surface area contributed by atoms with Crippen LogP contribution in [0.5, 0.6) is 0 Å². The van der Waals surface area contributed by atoms with Crippen molar-refractivity contribution in [3.63, 3.8) is 0 Å². The minimum Gasteiger partial charge on any atom is -0.340 e. The van der Waals surface area contributed by atoms with Crippen molar-refractivity contribution in [2.45, 2.75) is 6.92 Å². The molecule has 0 atom stereocenters. The van der Waals surface area contributed by atoms with Gasteiger partial charge in [-0.2, -0.15) is 0 Å². The van der Waals surface area contributed by atoms with E-state index >= 15 is 0 Å². The monoisotopic (exact) mass is 356 g/mol. The van der Waals surface area contributed by atoms with E-state index in [1.54, 1.807) is 18.2 Å². The summed E-state index contributed by atoms with van der Waals surface area (Å²) in [4.78, 5) is 20.3. The minimum absolute atomic E-state index is 0.0892. The number of carbonyl (C=O) groups is 1. The van der Waals surface area contributed by atoms with Crippen LogP contribution in [0, 0.1) is 12.7 Å². The molecule has 2 N–H and O–H groups in total. The lowest BCUT2D eigenvalue weighted by Gasteiger charge is -2.11. The number of carbonyl (C=O) groups excluding carboxylic acids is 1. The highest BCUT2D eigenvalue weighted by atomic mass is 35.5. The summed E-state index contributed by atoms with van der Waals surface area (Å²) in [5.41, 5.74) is 1.83. The Labute approximate surface area is 148 Å². The molecule has 0 unspecified atom stereocenters. The number of benzene rings is 2. The third-order valence-electron chi connectivity index (χ3n) is 3.55. The van der Waals surface area contributed by atoms with E-state index in [2.05, 4.69) is 20.6 Å². The van der Waals surface area contributed by atoms with Gasteiger partial charge in [0.15, 0.2) is 0 Å². The summed E-state index contributed by atoms with van der Waals surface area (Å²) in [6.07, 6.45) is 1.26. The van der Waals surface area contributed by atoms with E-state index < -0.39 is 11.7 Å². The van der Waals surface area contributed by atoms with Gasteiger partial charge in [0.25, 0.3) is 5.91 Å². The molecule has 0 aliphatic rings. The SMILES string of the molecule is Cc1c(Cl)cccc1Nc1cc(C(=O)Nc2ccccc2F)ncn1. The van der Waals surface area contributed by atoms with Gasteiger partial charge in [-0.15, -0.1) is 0 Å². The Morgan fingerprint density at radius 3 is 2.64 bits per heavy atom. The molecular formula is C18H14ClFN4O. The number of nitrogens with one attached hydrogen (secondary N) is 2. The van der Waals surface area contributed by atoms with Gasteiger partial charge in [-0.25, -0.2) is 14.4 Å². The van der Waals surface area contributed by atoms with Crippen molar-refractivity contribution in [3.8, 4) is 0 Å². The number of halogens is 2. The second-order valence-corrected chi connectivity index (χ2v) is 5.67. The van der Waals surface area contributed by atoms with E-state index in [1.807, 2.05) is 19.1 Å². The lowest BCUT2D eigenvalue weighted by Crippen LogP contribution is -2.15. The first kappa shape index (κ1) is 16.9. The molecule has 7 heteroatoms. The Kier molecular flexibility index (Phi) is 4.90. The molecule has 0 bridgehead atoms. The van der Waals surface area contributed by atoms with E-state index in [0.29, 0.717) is 10.8 Å². The first-order valence-corrected chi connectivity index (χ1v) is 7.82. The molecule has 3 rings (SSSR count). The van der Waals surface area contributed by atoms with Crippen LogP contribution in [0.15, 0.2) is 54.9 Å². The molecule has 0 fully saturated rings. The number of rotatable bonds is 4. The summed E-state index contributed by atoms with van der Waals surface area (Å²) in [6.45, 7) is 1.87. The smallest absolute Gasteiger partial charge is 0.274 e. The van der Waals surface area contributed by atoms with E-state index in [0.717, 1.165) is 11.3 Å². The molecule has 1 aromatic heterocycles. The summed E-state index contributed by atoms with van der Waals surface area (Å²) in [7, 11) is 0. The molecule has 0 spiro atoms. The number of amides is 1. The molecule has 25 heavy (non-hydrogen) atoms. The Hall–Kier alpha value is -2.99. The van der Waals surface area contributed by atoms with Gasteiger partial charge in [0.1, 0.15) is 23.7 Å². The first-order valence-electron chi connectivity index (χ1n) is 7.44. The maximum absolute atomic E-state index is 13.6. The third-order valence-corrected chi connectivity index (χ3v) is 3.96. The Balaban J connectivity index is 1.80. The summed E-state index contributed by atoms with van der Waals surface area (Å²) in [5.74, 6) is -0.616. The Bertz CT molecular complexity index is 932. The Morgan fingerprint density at radius 2 is 1.84 bits per heavy atom. The number of nitrogens with zero attached hydrogens (tertiary/aromatic N) is 2. The molecule has 0 saturated carbocycles. The maximum atomic E-state index is 13.6. The first-order chi connectivity index (χ1) is 12.0. The van der Waals surface area contributed by atoms with Gasteiger partial charge < -0.3 is 10.6 Å². The molecule has 1 amide bonds. The minimum atomic E-state index is -0.529. The summed E-state index contributed by atoms with van der Waals surface area (Å²) in [6, 6.07) is 12.9. The van der Waals surface area contributed by atoms with Gasteiger partial charge in [-0.05, 0) is 36.8 Å². The third kappa shape index (κ3) is 3.92. The van der Waals surface area contributed by atoms with Crippen molar-refractivity contribution in [2.75, 3.05) is 10.6 Å². The van der Waals surface area contributed by atoms with Crippen molar-refractivity contribution >= 4 is 34.7 Å². The van der Waals surface area contributed by atoms with E-state index in [9.17, 15) is 9.18 Å². The zero-order valence-electron chi connectivity index (χ0n) is 13.3. The zero-order chi connectivity index (χ0) is 17.8. The van der Waals surface area contributed by atoms with Crippen molar-refractivity contribution < 1.29 is 9.18 Å². The van der Waals surface area contributed by atoms with Crippen molar-refractivity contribution in [3.05, 3.63) is 77.0 Å². The average Bonchev–Trinajstić information content (AvgIpc) is 2.61. The van der Waals surface area contributed by atoms with E-state index in [-0.39, 0.29) is 11.4 Å². The molecule has 126 valence electrons. The van der Waals surface area contributed by atoms with Crippen molar-refractivity contribution in [2.24, 2.45) is 0 Å². The molecular weight excluding hydrogens is 343 g/mol. The van der Waals surface area contributed by atoms with Crippen LogP contribution >= 0.6 is 11.6 Å². The number of hydrogen-bond acceptors (Lipinski definition) is 4. The molecule has 0 saturated heterocycles. The van der Waals surface area contributed by atoms with E-state index in [4.69, 9.17) is 11.6 Å². The summed E-state index contributed by atoms with van der Waals surface area (Å²) < 4.78 is 13.6. The van der Waals surface area contributed by atoms with Crippen LogP contribution in [0.25, 0.3) is 0 Å². The van der Waals surface area contributed by atoms with Crippen LogP contribution < -0.4 is 10.6 Å². The van der Waals surface area contributed by atoms with Gasteiger partial charge >= 0.3 is 0 Å². The summed E-state index contributed by atoms with van der Waals surface area (Å²) >= 11 is 6.09. The number of para-hydroxylation sites is 1. The fourth-order valence-electron chi connectivity index (χ4n) is 2.18. The largest absolute Gasteiger partial charge is 0.340 e. The average molecular weight is 357 g/mol. The molecule has 1 heterocycles. The Morgan fingerprint density at radius 1 is 1.08 bits per heavy atom. The van der Waals surface area contributed by atoms with Gasteiger partial charge in [-0.1, -0.05) is 29.8 Å². The maximum Gasteiger partial charge on any atom is 0.274 e. The normalized spacial score (nSPS) is 10.4. The van der Waals surface area contributed by atoms with Crippen LogP contribution in [0.4, 0.5) is 21.6 Å². The van der Waals surface area contributed by atoms with Crippen LogP contribution in [0.2, 0.25) is 5.02 Å². The number of hydrogen-bond donors (Lipinski definition) is 2. The van der Waals surface area contributed by atoms with Crippen LogP contribution in [-0.4, -0.2) is 15.9 Å². The number of anilines is 3. The highest BCUT2D eigenvalue weighted by molar-refractivity contribution is 6.31. The molecule has 0 aliphatic heterocycles. The zero-order valence-corrected chi connectivity index (χ0v) is 14.0. The molecule has 3 aromatic rings. The van der Waals surface area contributed by atoms with Gasteiger partial charge in [0, 0.05) is 16.8 Å². The standard InChI is InChI=1S/C18H14ClFN4O/c1-11-12(19)5-4-8-14(11)23-17-9-16(21-10-22-17)18(25)24-15-7-3-2-6-13(15)20/h2-10H,1H3,(H,24,25)(H,21,22,23). The van der Waals surface area contributed by atoms with Crippen molar-refractivity contribution in [1.82, 2.24) is 9.97 Å². The highest BCUT2D eigenvalue weighted by Gasteiger charge is 2.12. The van der Waals surface area contributed by atoms with Crippen LogP contribution in [-0.2, 0) is 0 Å². The van der Waals surface area contributed by atoms with Gasteiger partial charge in [0.05, 0.1) is 5.69 Å². The predicted octanol–water partition coefficient (Wildman–Crippen LogP) is 4.57. The van der Waals surface area contributed by atoms with Gasteiger partial charge in [-0.3, -0.25) is 4.79 Å². The topological polar surface area (TPSA) is 66.9 Å². The van der Waals surface area contributed by atoms with Gasteiger partial charge in [0.2, 0.25) is 0 Å². The number of aromatic nitrogens is 2. The van der Waals surface area contributed by atoms with Crippen molar-refractivity contribution in [1.29, 1.82) is 0 Å². The molecule has 0 aliphatic carbocycles. The summed E-state index contributed by atoms with van der Waals surface area (Å²) in [5, 5.41) is 6.20. The van der Waals surface area contributed by atoms with Crippen LogP contribution in [0.1, 0.15) is 16.1 Å². The predicted molar refractivity (Wildman–Crippen MR) is 95.9 cm³/mol. The molecule has 2 aromatic carbocycles. The molecule has 0 radical (unpaired) electrons. The van der Waals surface area contributed by atoms with Crippen LogP contribution in [0.3, 0.4) is 0 Å². The van der Waals surface area contributed by atoms with E-state index in [1.165, 1.54) is 24.5 Å². The lowest BCUT2D eigenvalue weighted by molar-refractivity contribution is 0.102. The quantitative estimate of drug-likeness (QED) is 0.718. The fourth-order valence-corrected chi connectivity index (χ4v) is 2.35. The molecule has 5 nitrogen and oxygen atoms in total. The second kappa shape index (κ2) is 7.27. The fraction of sp³-hybridized carbons (Fsp3) is 0.0556. The highest BCUT2D eigenvalue weighted by Crippen LogP contribution is 2.25. The second-order valence-electron chi connectivity index (χ2n) is 5.26.